The summed E-state index contributed by atoms with van der Waals surface area (Å²) in [5, 5.41) is 0.787. The van der Waals surface area contributed by atoms with Crippen molar-refractivity contribution in [2.45, 2.75) is 45.6 Å². The highest BCUT2D eigenvalue weighted by atomic mass is 35.5. The molecule has 0 spiro atoms. The van der Waals surface area contributed by atoms with E-state index in [2.05, 4.69) is 23.4 Å². The van der Waals surface area contributed by atoms with Gasteiger partial charge in [-0.05, 0) is 55.4 Å². The molecule has 1 saturated carbocycles. The highest BCUT2D eigenvalue weighted by Crippen LogP contribution is 2.41. The van der Waals surface area contributed by atoms with Crippen LogP contribution in [0.4, 0.5) is 0 Å². The average molecular weight is 295 g/mol. The molecule has 1 heterocycles. The number of para-hydroxylation sites is 1. The summed E-state index contributed by atoms with van der Waals surface area (Å²) < 4.78 is 3.04. The Balaban J connectivity index is 2.06. The molecule has 2 aromatic rings. The van der Waals surface area contributed by atoms with Crippen LogP contribution in [0, 0.1) is 10.2 Å². The molecule has 1 aromatic heterocycles. The third-order valence-electron chi connectivity index (χ3n) is 4.36. The van der Waals surface area contributed by atoms with Crippen LogP contribution in [-0.4, -0.2) is 9.55 Å². The number of nitrogens with one attached hydrogen (secondary N) is 1. The van der Waals surface area contributed by atoms with Gasteiger partial charge in [-0.2, -0.15) is 0 Å². The van der Waals surface area contributed by atoms with E-state index in [9.17, 15) is 0 Å². The minimum absolute atomic E-state index is 0.467. The van der Waals surface area contributed by atoms with Gasteiger partial charge in [-0.1, -0.05) is 31.5 Å². The molecule has 1 aliphatic rings. The largest absolute Gasteiger partial charge is 0.331 e. The van der Waals surface area contributed by atoms with Crippen LogP contribution in [0.25, 0.3) is 11.0 Å². The van der Waals surface area contributed by atoms with Crippen molar-refractivity contribution >= 4 is 34.9 Å². The van der Waals surface area contributed by atoms with Crippen molar-refractivity contribution in [1.29, 1.82) is 0 Å². The Morgan fingerprint density at radius 2 is 2.00 bits per heavy atom. The number of imidazole rings is 1. The lowest BCUT2D eigenvalue weighted by Crippen LogP contribution is -2.23. The maximum absolute atomic E-state index is 6.36. The molecule has 1 aromatic carbocycles. The molecule has 0 amide bonds. The van der Waals surface area contributed by atoms with Gasteiger partial charge in [0.15, 0.2) is 4.77 Å². The van der Waals surface area contributed by atoms with Gasteiger partial charge >= 0.3 is 0 Å². The highest BCUT2D eigenvalue weighted by Gasteiger charge is 2.29. The molecule has 2 nitrogen and oxygen atoms in total. The predicted molar refractivity (Wildman–Crippen MR) is 83.4 cm³/mol. The summed E-state index contributed by atoms with van der Waals surface area (Å²) in [6.07, 6.45) is 4.85. The first-order valence-corrected chi connectivity index (χ1v) is 7.65. The molecule has 4 heteroatoms. The normalized spacial score (nSPS) is 19.9. The molecule has 0 radical (unpaired) electrons. The van der Waals surface area contributed by atoms with E-state index in [1.807, 2.05) is 18.2 Å². The van der Waals surface area contributed by atoms with Gasteiger partial charge in [-0.3, -0.25) is 0 Å². The molecular formula is C15H19ClN2S. The Kier molecular flexibility index (Phi) is 3.22. The first-order valence-electron chi connectivity index (χ1n) is 6.87. The second kappa shape index (κ2) is 4.64. The maximum atomic E-state index is 6.36. The predicted octanol–water partition coefficient (Wildman–Crippen LogP) is 5.49. The number of hydrogen-bond donors (Lipinski definition) is 1. The van der Waals surface area contributed by atoms with Crippen molar-refractivity contribution in [1.82, 2.24) is 9.55 Å². The fourth-order valence-electron chi connectivity index (χ4n) is 3.13. The third-order valence-corrected chi connectivity index (χ3v) is 4.97. The fourth-order valence-corrected chi connectivity index (χ4v) is 3.74. The van der Waals surface area contributed by atoms with Gasteiger partial charge in [0.25, 0.3) is 0 Å². The van der Waals surface area contributed by atoms with Gasteiger partial charge in [-0.15, -0.1) is 0 Å². The van der Waals surface area contributed by atoms with E-state index in [1.165, 1.54) is 25.7 Å². The number of fused-ring (bicyclic) bond motifs is 1. The van der Waals surface area contributed by atoms with Crippen LogP contribution in [0.3, 0.4) is 0 Å². The number of hydrogen-bond acceptors (Lipinski definition) is 1. The van der Waals surface area contributed by atoms with E-state index >= 15 is 0 Å². The lowest BCUT2D eigenvalue weighted by molar-refractivity contribution is 0.195. The monoisotopic (exact) mass is 294 g/mol. The lowest BCUT2D eigenvalue weighted by Gasteiger charge is -2.35. The van der Waals surface area contributed by atoms with E-state index in [-0.39, 0.29) is 0 Å². The number of benzene rings is 1. The summed E-state index contributed by atoms with van der Waals surface area (Å²) in [4.78, 5) is 3.28. The quantitative estimate of drug-likeness (QED) is 0.689. The molecule has 3 rings (SSSR count). The minimum atomic E-state index is 0.467. The summed E-state index contributed by atoms with van der Waals surface area (Å²) >= 11 is 11.9. The van der Waals surface area contributed by atoms with Crippen LogP contribution >= 0.6 is 23.8 Å². The topological polar surface area (TPSA) is 20.7 Å². The number of H-pyrrole nitrogens is 1. The molecule has 1 N–H and O–H groups in total. The van der Waals surface area contributed by atoms with Gasteiger partial charge < -0.3 is 9.55 Å². The Bertz CT molecular complexity index is 658. The van der Waals surface area contributed by atoms with Crippen molar-refractivity contribution in [2.75, 3.05) is 0 Å². The van der Waals surface area contributed by atoms with E-state index in [0.717, 1.165) is 20.8 Å². The SMILES string of the molecule is CC1(C)CCC(n2c(=S)[nH]c3cccc(Cl)c32)CC1. The zero-order chi connectivity index (χ0) is 13.6. The summed E-state index contributed by atoms with van der Waals surface area (Å²) in [5.41, 5.74) is 2.58. The van der Waals surface area contributed by atoms with E-state index in [4.69, 9.17) is 23.8 Å². The van der Waals surface area contributed by atoms with Crippen molar-refractivity contribution in [3.05, 3.63) is 28.0 Å². The minimum Gasteiger partial charge on any atom is -0.331 e. The van der Waals surface area contributed by atoms with E-state index in [0.29, 0.717) is 11.5 Å². The van der Waals surface area contributed by atoms with Gasteiger partial charge in [0, 0.05) is 6.04 Å². The zero-order valence-corrected chi connectivity index (χ0v) is 12.9. The molecule has 0 atom stereocenters. The van der Waals surface area contributed by atoms with Crippen LogP contribution in [0.1, 0.15) is 45.6 Å². The standard InChI is InChI=1S/C15H19ClN2S/c1-15(2)8-6-10(7-9-15)18-13-11(16)4-3-5-12(13)17-14(18)19/h3-5,10H,6-9H2,1-2H3,(H,17,19). The third kappa shape index (κ3) is 2.34. The molecule has 0 saturated heterocycles. The first-order chi connectivity index (χ1) is 8.98. The van der Waals surface area contributed by atoms with Crippen molar-refractivity contribution in [3.8, 4) is 0 Å². The number of aromatic nitrogens is 2. The van der Waals surface area contributed by atoms with Gasteiger partial charge in [0.05, 0.1) is 16.1 Å². The Hall–Kier alpha value is -0.800. The lowest BCUT2D eigenvalue weighted by atomic mass is 9.75. The molecule has 1 fully saturated rings. The second-order valence-corrected chi connectivity index (χ2v) is 7.13. The Labute approximate surface area is 123 Å². The smallest absolute Gasteiger partial charge is 0.178 e. The van der Waals surface area contributed by atoms with Crippen LogP contribution < -0.4 is 0 Å². The van der Waals surface area contributed by atoms with Crippen LogP contribution in [0.2, 0.25) is 5.02 Å². The van der Waals surface area contributed by atoms with Crippen molar-refractivity contribution in [3.63, 3.8) is 0 Å². The fraction of sp³-hybridized carbons (Fsp3) is 0.533. The molecule has 19 heavy (non-hydrogen) atoms. The molecule has 102 valence electrons. The Morgan fingerprint density at radius 3 is 2.68 bits per heavy atom. The van der Waals surface area contributed by atoms with Crippen molar-refractivity contribution < 1.29 is 0 Å². The van der Waals surface area contributed by atoms with Gasteiger partial charge in [0.2, 0.25) is 0 Å². The number of rotatable bonds is 1. The first kappa shape index (κ1) is 13.2. The average Bonchev–Trinajstić information content (AvgIpc) is 2.67. The van der Waals surface area contributed by atoms with Crippen LogP contribution in [-0.2, 0) is 0 Å². The summed E-state index contributed by atoms with van der Waals surface area (Å²) in [5.74, 6) is 0. The maximum Gasteiger partial charge on any atom is 0.178 e. The van der Waals surface area contributed by atoms with E-state index < -0.39 is 0 Å². The highest BCUT2D eigenvalue weighted by molar-refractivity contribution is 7.71. The van der Waals surface area contributed by atoms with Gasteiger partial charge in [0.1, 0.15) is 0 Å². The summed E-state index contributed by atoms with van der Waals surface area (Å²) in [6, 6.07) is 6.43. The van der Waals surface area contributed by atoms with Crippen LogP contribution in [0.15, 0.2) is 18.2 Å². The zero-order valence-electron chi connectivity index (χ0n) is 11.4. The molecule has 0 bridgehead atoms. The summed E-state index contributed by atoms with van der Waals surface area (Å²) in [6.45, 7) is 4.70. The molecular weight excluding hydrogens is 276 g/mol. The van der Waals surface area contributed by atoms with Gasteiger partial charge in [-0.25, -0.2) is 0 Å². The number of halogens is 1. The Morgan fingerprint density at radius 1 is 1.32 bits per heavy atom. The number of aromatic amines is 1. The second-order valence-electron chi connectivity index (χ2n) is 6.33. The summed E-state index contributed by atoms with van der Waals surface area (Å²) in [7, 11) is 0. The van der Waals surface area contributed by atoms with Crippen LogP contribution in [0.5, 0.6) is 0 Å². The van der Waals surface area contributed by atoms with Crippen molar-refractivity contribution in [2.24, 2.45) is 5.41 Å². The number of nitrogens with zero attached hydrogens (tertiary/aromatic N) is 1. The molecule has 0 aliphatic heterocycles. The molecule has 0 unspecified atom stereocenters. The molecule has 1 aliphatic carbocycles. The van der Waals surface area contributed by atoms with E-state index in [1.54, 1.807) is 0 Å².